The topological polar surface area (TPSA) is 155 Å². The molecule has 74 heavy (non-hydrogen) atoms. The van der Waals surface area contributed by atoms with Crippen LogP contribution in [0.1, 0.15) is 239 Å². The zero-order valence-corrected chi connectivity index (χ0v) is 47.7. The average molecular weight is 1060 g/mol. The van der Waals surface area contributed by atoms with Gasteiger partial charge in [0.2, 0.25) is 0 Å². The largest absolute Gasteiger partial charge is 0.472 e. The van der Waals surface area contributed by atoms with Gasteiger partial charge in [0, 0.05) is 19.3 Å². The van der Waals surface area contributed by atoms with Gasteiger partial charge in [-0.2, -0.15) is 0 Å². The molecule has 0 aliphatic carbocycles. The minimum atomic E-state index is -4.77. The Morgan fingerprint density at radius 1 is 0.392 bits per heavy atom. The molecule has 0 fully saturated rings. The minimum absolute atomic E-state index is 0.121. The number of unbranched alkanes of at least 4 members (excludes halogenated alkanes) is 20. The van der Waals surface area contributed by atoms with E-state index in [4.69, 9.17) is 23.3 Å². The maximum absolute atomic E-state index is 12.9. The summed E-state index contributed by atoms with van der Waals surface area (Å²) < 4.78 is 39.5. The van der Waals surface area contributed by atoms with E-state index in [9.17, 15) is 28.9 Å². The summed E-state index contributed by atoms with van der Waals surface area (Å²) >= 11 is 0. The number of esters is 3. The summed E-state index contributed by atoms with van der Waals surface area (Å²) in [7, 11) is -4.77. The molecule has 0 aliphatic rings. The molecule has 424 valence electrons. The highest BCUT2D eigenvalue weighted by atomic mass is 31.2. The standard InChI is InChI=1S/C62H105O11P/c1-4-7-10-13-16-19-22-25-27-28-29-30-32-35-38-41-44-47-50-53-62(66)73-59(55-69-60(64)51-48-45-42-39-36-33-24-21-18-15-12-9-6-3)57-71-74(67,68)70-56-58(54-63)72-61(65)52-49-46-43-40-37-34-31-26-23-20-17-14-11-8-5-2/h7-8,10-11,16-17,19-20,25-27,29-31,37,40,58-59,63H,4-6,9,12-15,18,21-24,28,32-36,38-39,41-57H2,1-3H3,(H,67,68)/b10-7-,11-8-,19-16-,20-17-,27-25-,30-29-,31-26-,40-37-. The first kappa shape index (κ1) is 70.4. The number of phosphoric ester groups is 1. The highest BCUT2D eigenvalue weighted by molar-refractivity contribution is 7.47. The number of hydrogen-bond acceptors (Lipinski definition) is 10. The molecule has 2 N–H and O–H groups in total. The van der Waals surface area contributed by atoms with E-state index >= 15 is 0 Å². The Hall–Kier alpha value is -3.60. The first-order valence-electron chi connectivity index (χ1n) is 29.1. The second-order valence-corrected chi connectivity index (χ2v) is 20.5. The van der Waals surface area contributed by atoms with Gasteiger partial charge in [0.05, 0.1) is 19.8 Å². The van der Waals surface area contributed by atoms with Crippen LogP contribution in [0.3, 0.4) is 0 Å². The number of phosphoric acid groups is 1. The Balaban J connectivity index is 4.78. The second kappa shape index (κ2) is 55.6. The maximum atomic E-state index is 12.9. The van der Waals surface area contributed by atoms with Crippen molar-refractivity contribution >= 4 is 25.7 Å². The van der Waals surface area contributed by atoms with Crippen molar-refractivity contribution in [3.8, 4) is 0 Å². The summed E-state index contributed by atoms with van der Waals surface area (Å²) in [6.07, 6.45) is 65.1. The molecule has 0 heterocycles. The molecule has 3 unspecified atom stereocenters. The molecule has 0 aromatic heterocycles. The molecule has 0 aliphatic heterocycles. The summed E-state index contributed by atoms with van der Waals surface area (Å²) in [5, 5.41) is 9.81. The molecule has 0 rings (SSSR count). The maximum Gasteiger partial charge on any atom is 0.472 e. The number of hydrogen-bond donors (Lipinski definition) is 2. The van der Waals surface area contributed by atoms with Gasteiger partial charge in [0.25, 0.3) is 0 Å². The van der Waals surface area contributed by atoms with Crippen LogP contribution >= 0.6 is 7.82 Å². The predicted octanol–water partition coefficient (Wildman–Crippen LogP) is 17.3. The molecule has 0 saturated carbocycles. The molecule has 0 aromatic carbocycles. The Morgan fingerprint density at radius 2 is 0.703 bits per heavy atom. The third-order valence-corrected chi connectivity index (χ3v) is 13.0. The monoisotopic (exact) mass is 1060 g/mol. The van der Waals surface area contributed by atoms with Crippen molar-refractivity contribution in [1.82, 2.24) is 0 Å². The van der Waals surface area contributed by atoms with Crippen LogP contribution < -0.4 is 0 Å². The fraction of sp³-hybridized carbons (Fsp3) is 0.694. The quantitative estimate of drug-likeness (QED) is 0.0197. The molecule has 11 nitrogen and oxygen atoms in total. The van der Waals surface area contributed by atoms with Gasteiger partial charge < -0.3 is 24.2 Å². The normalized spacial score (nSPS) is 14.1. The number of carbonyl (C=O) groups excluding carboxylic acids is 3. The molecule has 12 heteroatoms. The van der Waals surface area contributed by atoms with Gasteiger partial charge in [-0.3, -0.25) is 23.4 Å². The summed E-state index contributed by atoms with van der Waals surface area (Å²) in [5.41, 5.74) is 0. The molecule has 3 atom stereocenters. The van der Waals surface area contributed by atoms with Crippen LogP contribution in [0.4, 0.5) is 0 Å². The summed E-state index contributed by atoms with van der Waals surface area (Å²) in [6.45, 7) is 4.36. The van der Waals surface area contributed by atoms with E-state index in [-0.39, 0.29) is 25.9 Å². The molecule has 0 bridgehead atoms. The summed E-state index contributed by atoms with van der Waals surface area (Å²) in [5.74, 6) is -1.52. The average Bonchev–Trinajstić information content (AvgIpc) is 3.39. The van der Waals surface area contributed by atoms with Crippen LogP contribution in [0.15, 0.2) is 97.2 Å². The highest BCUT2D eigenvalue weighted by Crippen LogP contribution is 2.43. The third kappa shape index (κ3) is 53.2. The number of allylic oxidation sites excluding steroid dienone is 16. The van der Waals surface area contributed by atoms with Gasteiger partial charge in [0.15, 0.2) is 6.10 Å². The predicted molar refractivity (Wildman–Crippen MR) is 307 cm³/mol. The van der Waals surface area contributed by atoms with Crippen LogP contribution in [0.2, 0.25) is 0 Å². The first-order valence-corrected chi connectivity index (χ1v) is 30.6. The van der Waals surface area contributed by atoms with Crippen molar-refractivity contribution in [2.24, 2.45) is 0 Å². The van der Waals surface area contributed by atoms with Crippen LogP contribution in [-0.2, 0) is 42.2 Å². The van der Waals surface area contributed by atoms with E-state index in [0.29, 0.717) is 19.3 Å². The smallest absolute Gasteiger partial charge is 0.462 e. The lowest BCUT2D eigenvalue weighted by Crippen LogP contribution is -2.30. The lowest BCUT2D eigenvalue weighted by molar-refractivity contribution is -0.161. The zero-order chi connectivity index (χ0) is 54.1. The molecular formula is C62H105O11P. The lowest BCUT2D eigenvalue weighted by Gasteiger charge is -2.21. The van der Waals surface area contributed by atoms with E-state index in [0.717, 1.165) is 122 Å². The minimum Gasteiger partial charge on any atom is -0.462 e. The van der Waals surface area contributed by atoms with Crippen molar-refractivity contribution < 1.29 is 52.2 Å². The van der Waals surface area contributed by atoms with Crippen molar-refractivity contribution in [3.05, 3.63) is 97.2 Å². The Morgan fingerprint density at radius 3 is 1.11 bits per heavy atom. The van der Waals surface area contributed by atoms with Gasteiger partial charge in [-0.25, -0.2) is 4.57 Å². The number of rotatable bonds is 53. The van der Waals surface area contributed by atoms with Crippen molar-refractivity contribution in [3.63, 3.8) is 0 Å². The zero-order valence-electron chi connectivity index (χ0n) is 46.8. The van der Waals surface area contributed by atoms with E-state index in [1.165, 1.54) is 57.8 Å². The molecule has 0 amide bonds. The third-order valence-electron chi connectivity index (χ3n) is 12.0. The molecular weight excluding hydrogens is 952 g/mol. The van der Waals surface area contributed by atoms with E-state index in [1.807, 2.05) is 0 Å². The summed E-state index contributed by atoms with van der Waals surface area (Å²) in [4.78, 5) is 48.5. The number of aliphatic hydroxyl groups excluding tert-OH is 1. The van der Waals surface area contributed by atoms with Crippen LogP contribution in [0.25, 0.3) is 0 Å². The van der Waals surface area contributed by atoms with Crippen molar-refractivity contribution in [1.29, 1.82) is 0 Å². The summed E-state index contributed by atoms with van der Waals surface area (Å²) in [6, 6.07) is 0. The van der Waals surface area contributed by atoms with Gasteiger partial charge in [-0.15, -0.1) is 0 Å². The molecule has 0 saturated heterocycles. The van der Waals surface area contributed by atoms with Gasteiger partial charge in [0.1, 0.15) is 12.7 Å². The molecule has 0 aromatic rings. The number of aliphatic hydroxyl groups is 1. The highest BCUT2D eigenvalue weighted by Gasteiger charge is 2.28. The molecule has 0 radical (unpaired) electrons. The van der Waals surface area contributed by atoms with Crippen LogP contribution in [-0.4, -0.2) is 66.5 Å². The SMILES string of the molecule is CC/C=C\C/C=C\C/C=C\C/C=C\CCCCCCCCC(=O)OC(COC(=O)CCCCCCCCCCCCCCC)COP(=O)(O)OCC(CO)OC(=O)CCCC/C=C\C/C=C\C/C=C\C/C=C\CC. The first-order chi connectivity index (χ1) is 36.2. The Labute approximate surface area is 451 Å². The van der Waals surface area contributed by atoms with E-state index in [1.54, 1.807) is 0 Å². The van der Waals surface area contributed by atoms with Gasteiger partial charge in [-0.05, 0) is 96.3 Å². The Bertz CT molecular complexity index is 1610. The lowest BCUT2D eigenvalue weighted by atomic mass is 10.0. The number of ether oxygens (including phenoxy) is 3. The van der Waals surface area contributed by atoms with Crippen LogP contribution in [0.5, 0.6) is 0 Å². The van der Waals surface area contributed by atoms with Crippen LogP contribution in [0, 0.1) is 0 Å². The Kier molecular flexibility index (Phi) is 52.9. The van der Waals surface area contributed by atoms with Crippen molar-refractivity contribution in [2.45, 2.75) is 251 Å². The fourth-order valence-electron chi connectivity index (χ4n) is 7.63. The van der Waals surface area contributed by atoms with Gasteiger partial charge >= 0.3 is 25.7 Å². The molecule has 0 spiro atoms. The van der Waals surface area contributed by atoms with E-state index in [2.05, 4.69) is 118 Å². The second-order valence-electron chi connectivity index (χ2n) is 19.0. The number of carbonyl (C=O) groups is 3. The van der Waals surface area contributed by atoms with Gasteiger partial charge in [-0.1, -0.05) is 221 Å². The van der Waals surface area contributed by atoms with E-state index < -0.39 is 57.8 Å². The van der Waals surface area contributed by atoms with Crippen molar-refractivity contribution in [2.75, 3.05) is 26.4 Å². The fourth-order valence-corrected chi connectivity index (χ4v) is 8.42.